The molecule has 1 heterocycles. The molecule has 0 radical (unpaired) electrons. The standard InChI is InChI=1S/C11H14N2S/c12-6-11-5-9(7-14-11)8-2-1-3-10(13)4-8/h5,7-8,10H,1-4,13H2. The summed E-state index contributed by atoms with van der Waals surface area (Å²) in [5.74, 6) is 0.595. The molecule has 74 valence electrons. The van der Waals surface area contributed by atoms with Gasteiger partial charge in [0.05, 0.1) is 0 Å². The van der Waals surface area contributed by atoms with Crippen molar-refractivity contribution < 1.29 is 0 Å². The first-order valence-electron chi connectivity index (χ1n) is 5.03. The molecular weight excluding hydrogens is 192 g/mol. The van der Waals surface area contributed by atoms with Gasteiger partial charge in [-0.05, 0) is 42.2 Å². The van der Waals surface area contributed by atoms with E-state index in [2.05, 4.69) is 11.4 Å². The van der Waals surface area contributed by atoms with Gasteiger partial charge >= 0.3 is 0 Å². The summed E-state index contributed by atoms with van der Waals surface area (Å²) in [6.07, 6.45) is 4.70. The number of nitrogens with two attached hydrogens (primary N) is 1. The lowest BCUT2D eigenvalue weighted by Gasteiger charge is -2.25. The van der Waals surface area contributed by atoms with Crippen molar-refractivity contribution >= 4 is 11.3 Å². The van der Waals surface area contributed by atoms with Crippen molar-refractivity contribution in [2.24, 2.45) is 5.73 Å². The maximum Gasteiger partial charge on any atom is 0.110 e. The summed E-state index contributed by atoms with van der Waals surface area (Å²) in [7, 11) is 0. The van der Waals surface area contributed by atoms with Crippen molar-refractivity contribution in [1.29, 1.82) is 5.26 Å². The number of hydrogen-bond donors (Lipinski definition) is 1. The molecule has 0 aliphatic heterocycles. The maximum atomic E-state index is 8.74. The number of rotatable bonds is 1. The summed E-state index contributed by atoms with van der Waals surface area (Å²) in [5.41, 5.74) is 7.26. The first-order valence-corrected chi connectivity index (χ1v) is 5.91. The third-order valence-electron chi connectivity index (χ3n) is 2.92. The average molecular weight is 206 g/mol. The van der Waals surface area contributed by atoms with Crippen LogP contribution in [0.4, 0.5) is 0 Å². The molecule has 14 heavy (non-hydrogen) atoms. The van der Waals surface area contributed by atoms with Crippen LogP contribution in [-0.4, -0.2) is 6.04 Å². The molecule has 1 aromatic rings. The summed E-state index contributed by atoms with van der Waals surface area (Å²) >= 11 is 1.54. The molecule has 3 heteroatoms. The van der Waals surface area contributed by atoms with E-state index in [1.165, 1.54) is 18.4 Å². The Morgan fingerprint density at radius 1 is 1.50 bits per heavy atom. The van der Waals surface area contributed by atoms with E-state index in [0.29, 0.717) is 12.0 Å². The minimum absolute atomic E-state index is 0.360. The van der Waals surface area contributed by atoms with Crippen LogP contribution in [0.25, 0.3) is 0 Å². The molecule has 1 aromatic heterocycles. The van der Waals surface area contributed by atoms with Crippen LogP contribution in [0.3, 0.4) is 0 Å². The number of nitriles is 1. The summed E-state index contributed by atoms with van der Waals surface area (Å²) in [4.78, 5) is 0.819. The molecule has 1 aliphatic carbocycles. The Bertz CT molecular complexity index is 350. The fourth-order valence-corrected chi connectivity index (χ4v) is 2.93. The van der Waals surface area contributed by atoms with Crippen molar-refractivity contribution in [3.8, 4) is 6.07 Å². The molecule has 2 unspecified atom stereocenters. The highest BCUT2D eigenvalue weighted by Crippen LogP contribution is 2.34. The zero-order valence-corrected chi connectivity index (χ0v) is 8.89. The van der Waals surface area contributed by atoms with E-state index < -0.39 is 0 Å². The van der Waals surface area contributed by atoms with Gasteiger partial charge < -0.3 is 5.73 Å². The first kappa shape index (κ1) is 9.70. The molecular formula is C11H14N2S. The van der Waals surface area contributed by atoms with Gasteiger partial charge in [0.1, 0.15) is 10.9 Å². The van der Waals surface area contributed by atoms with Crippen LogP contribution in [0, 0.1) is 11.3 Å². The Kier molecular flexibility index (Phi) is 2.85. The topological polar surface area (TPSA) is 49.8 Å². The second kappa shape index (κ2) is 4.12. The second-order valence-corrected chi connectivity index (χ2v) is 4.89. The molecule has 2 atom stereocenters. The third kappa shape index (κ3) is 1.97. The quantitative estimate of drug-likeness (QED) is 0.767. The smallest absolute Gasteiger partial charge is 0.110 e. The van der Waals surface area contributed by atoms with E-state index >= 15 is 0 Å². The molecule has 1 saturated carbocycles. The van der Waals surface area contributed by atoms with Crippen molar-refractivity contribution in [1.82, 2.24) is 0 Å². The molecule has 2 rings (SSSR count). The van der Waals surface area contributed by atoms with Crippen LogP contribution in [0.2, 0.25) is 0 Å². The van der Waals surface area contributed by atoms with Crippen LogP contribution < -0.4 is 5.73 Å². The Labute approximate surface area is 88.4 Å². The molecule has 0 saturated heterocycles. The summed E-state index contributed by atoms with van der Waals surface area (Å²) in [5, 5.41) is 10.8. The van der Waals surface area contributed by atoms with Gasteiger partial charge in [0.15, 0.2) is 0 Å². The van der Waals surface area contributed by atoms with E-state index in [0.717, 1.165) is 17.7 Å². The van der Waals surface area contributed by atoms with Gasteiger partial charge in [0.2, 0.25) is 0 Å². The van der Waals surface area contributed by atoms with Gasteiger partial charge in [-0.1, -0.05) is 6.42 Å². The van der Waals surface area contributed by atoms with Crippen LogP contribution in [0.5, 0.6) is 0 Å². The van der Waals surface area contributed by atoms with Gasteiger partial charge in [-0.15, -0.1) is 11.3 Å². The molecule has 0 spiro atoms. The lowest BCUT2D eigenvalue weighted by molar-refractivity contribution is 0.394. The second-order valence-electron chi connectivity index (χ2n) is 3.98. The Hall–Kier alpha value is -0.850. The minimum Gasteiger partial charge on any atom is -0.328 e. The van der Waals surface area contributed by atoms with E-state index in [1.54, 1.807) is 11.3 Å². The van der Waals surface area contributed by atoms with Crippen molar-refractivity contribution in [3.63, 3.8) is 0 Å². The number of nitrogens with zero attached hydrogens (tertiary/aromatic N) is 1. The Balaban J connectivity index is 2.10. The zero-order valence-electron chi connectivity index (χ0n) is 8.07. The summed E-state index contributed by atoms with van der Waals surface area (Å²) in [6, 6.07) is 4.57. The maximum absolute atomic E-state index is 8.74. The predicted octanol–water partition coefficient (Wildman–Crippen LogP) is 2.60. The number of thiophene rings is 1. The van der Waals surface area contributed by atoms with Crippen LogP contribution in [0.1, 0.15) is 42.0 Å². The fraction of sp³-hybridized carbons (Fsp3) is 0.545. The van der Waals surface area contributed by atoms with Gasteiger partial charge in [-0.2, -0.15) is 5.26 Å². The molecule has 1 fully saturated rings. The summed E-state index contributed by atoms with van der Waals surface area (Å²) in [6.45, 7) is 0. The Morgan fingerprint density at radius 2 is 2.36 bits per heavy atom. The van der Waals surface area contributed by atoms with Crippen molar-refractivity contribution in [2.45, 2.75) is 37.6 Å². The molecule has 0 bridgehead atoms. The van der Waals surface area contributed by atoms with Crippen molar-refractivity contribution in [2.75, 3.05) is 0 Å². The highest BCUT2D eigenvalue weighted by molar-refractivity contribution is 7.10. The van der Waals surface area contributed by atoms with Gasteiger partial charge in [0, 0.05) is 6.04 Å². The van der Waals surface area contributed by atoms with E-state index in [4.69, 9.17) is 11.0 Å². The number of hydrogen-bond acceptors (Lipinski definition) is 3. The highest BCUT2D eigenvalue weighted by atomic mass is 32.1. The van der Waals surface area contributed by atoms with Gasteiger partial charge in [-0.3, -0.25) is 0 Å². The molecule has 0 aromatic carbocycles. The molecule has 2 nitrogen and oxygen atoms in total. The van der Waals surface area contributed by atoms with E-state index in [9.17, 15) is 0 Å². The highest BCUT2D eigenvalue weighted by Gasteiger charge is 2.21. The van der Waals surface area contributed by atoms with Crippen molar-refractivity contribution in [3.05, 3.63) is 21.9 Å². The largest absolute Gasteiger partial charge is 0.328 e. The van der Waals surface area contributed by atoms with Crippen LogP contribution in [-0.2, 0) is 0 Å². The van der Waals surface area contributed by atoms with Crippen LogP contribution in [0.15, 0.2) is 11.4 Å². The SMILES string of the molecule is N#Cc1cc(C2CCCC(N)C2)cs1. The van der Waals surface area contributed by atoms with Gasteiger partial charge in [0.25, 0.3) is 0 Å². The molecule has 0 amide bonds. The first-order chi connectivity index (χ1) is 6.79. The molecule has 1 aliphatic rings. The van der Waals surface area contributed by atoms with Crippen LogP contribution >= 0.6 is 11.3 Å². The predicted molar refractivity (Wildman–Crippen MR) is 58.2 cm³/mol. The minimum atomic E-state index is 0.360. The fourth-order valence-electron chi connectivity index (χ4n) is 2.15. The van der Waals surface area contributed by atoms with Gasteiger partial charge in [-0.25, -0.2) is 0 Å². The Morgan fingerprint density at radius 3 is 3.00 bits per heavy atom. The van der Waals surface area contributed by atoms with E-state index in [-0.39, 0.29) is 0 Å². The summed E-state index contributed by atoms with van der Waals surface area (Å²) < 4.78 is 0. The lowest BCUT2D eigenvalue weighted by atomic mass is 9.83. The third-order valence-corrected chi connectivity index (χ3v) is 3.77. The zero-order chi connectivity index (χ0) is 9.97. The molecule has 2 N–H and O–H groups in total. The van der Waals surface area contributed by atoms with E-state index in [1.807, 2.05) is 6.07 Å². The monoisotopic (exact) mass is 206 g/mol. The normalized spacial score (nSPS) is 27.1. The average Bonchev–Trinajstić information content (AvgIpc) is 2.66. The lowest BCUT2D eigenvalue weighted by Crippen LogP contribution is -2.26.